The molecule has 0 amide bonds. The van der Waals surface area contributed by atoms with Crippen LogP contribution in [0.5, 0.6) is 0 Å². The van der Waals surface area contributed by atoms with E-state index in [2.05, 4.69) is 26.1 Å². The summed E-state index contributed by atoms with van der Waals surface area (Å²) in [4.78, 5) is 0. The van der Waals surface area contributed by atoms with Crippen molar-refractivity contribution < 1.29 is 9.47 Å². The van der Waals surface area contributed by atoms with E-state index in [9.17, 15) is 0 Å². The van der Waals surface area contributed by atoms with Gasteiger partial charge in [-0.2, -0.15) is 0 Å². The average molecular weight is 203 g/mol. The highest BCUT2D eigenvalue weighted by atomic mass is 16.5. The first-order valence-corrected chi connectivity index (χ1v) is 5.62. The first-order valence-electron chi connectivity index (χ1n) is 5.62. The Balaban J connectivity index is 3.52. The minimum atomic E-state index is 0.301. The van der Waals surface area contributed by atoms with E-state index in [4.69, 9.17) is 9.47 Å². The van der Waals surface area contributed by atoms with E-state index in [-0.39, 0.29) is 0 Å². The Kier molecular flexibility index (Phi) is 9.35. The van der Waals surface area contributed by atoms with Crippen molar-refractivity contribution in [2.24, 2.45) is 5.92 Å². The molecule has 0 rings (SSSR count). The minimum Gasteiger partial charge on any atom is -0.379 e. The Bertz CT molecular complexity index is 118. The van der Waals surface area contributed by atoms with Gasteiger partial charge < -0.3 is 14.8 Å². The second-order valence-corrected chi connectivity index (χ2v) is 3.66. The number of nitrogens with one attached hydrogen (secondary N) is 1. The lowest BCUT2D eigenvalue weighted by atomic mass is 10.1. The van der Waals surface area contributed by atoms with Gasteiger partial charge in [0, 0.05) is 13.2 Å². The molecule has 0 fully saturated rings. The molecule has 1 unspecified atom stereocenters. The van der Waals surface area contributed by atoms with Crippen LogP contribution in [0.4, 0.5) is 0 Å². The predicted molar refractivity (Wildman–Crippen MR) is 59.6 cm³/mol. The molecule has 0 aromatic carbocycles. The van der Waals surface area contributed by atoms with Crippen molar-refractivity contribution in [2.75, 3.05) is 32.9 Å². The van der Waals surface area contributed by atoms with Crippen molar-refractivity contribution >= 4 is 0 Å². The summed E-state index contributed by atoms with van der Waals surface area (Å²) < 4.78 is 10.9. The van der Waals surface area contributed by atoms with Crippen LogP contribution in [0.15, 0.2) is 0 Å². The van der Waals surface area contributed by atoms with Crippen molar-refractivity contribution in [3.8, 4) is 0 Å². The van der Waals surface area contributed by atoms with E-state index >= 15 is 0 Å². The van der Waals surface area contributed by atoms with Crippen molar-refractivity contribution in [1.82, 2.24) is 5.32 Å². The van der Waals surface area contributed by atoms with Gasteiger partial charge in [-0.15, -0.1) is 0 Å². The fourth-order valence-electron chi connectivity index (χ4n) is 1.18. The highest BCUT2D eigenvalue weighted by Gasteiger charge is 2.12. The van der Waals surface area contributed by atoms with Gasteiger partial charge in [0.2, 0.25) is 0 Å². The van der Waals surface area contributed by atoms with Crippen LogP contribution in [0, 0.1) is 5.92 Å². The average Bonchev–Trinajstić information content (AvgIpc) is 2.16. The van der Waals surface area contributed by atoms with Gasteiger partial charge in [0.05, 0.1) is 19.3 Å². The number of likely N-dealkylation sites (N-methyl/N-ethyl adjacent to an activating group) is 1. The largest absolute Gasteiger partial charge is 0.379 e. The molecule has 0 saturated carbocycles. The van der Waals surface area contributed by atoms with Gasteiger partial charge in [-0.3, -0.25) is 0 Å². The molecule has 0 bridgehead atoms. The van der Waals surface area contributed by atoms with Crippen molar-refractivity contribution in [3.05, 3.63) is 0 Å². The summed E-state index contributed by atoms with van der Waals surface area (Å²) in [5, 5.41) is 3.30. The van der Waals surface area contributed by atoms with E-state index in [0.29, 0.717) is 25.2 Å². The summed E-state index contributed by atoms with van der Waals surface area (Å²) in [6, 6.07) is 0. The standard InChI is InChI=1S/C11H25NO2/c1-5-12-9-11(10(3)4)14-8-7-13-6-2/h10-12H,5-9H2,1-4H3. The van der Waals surface area contributed by atoms with Crippen LogP contribution >= 0.6 is 0 Å². The van der Waals surface area contributed by atoms with Gasteiger partial charge in [0.25, 0.3) is 0 Å². The third kappa shape index (κ3) is 7.30. The SMILES string of the molecule is CCNCC(OCCOCC)C(C)C. The quantitative estimate of drug-likeness (QED) is 0.578. The van der Waals surface area contributed by atoms with Crippen LogP contribution in [-0.4, -0.2) is 39.0 Å². The molecular weight excluding hydrogens is 178 g/mol. The Morgan fingerprint density at radius 1 is 1.14 bits per heavy atom. The van der Waals surface area contributed by atoms with E-state index < -0.39 is 0 Å². The first-order chi connectivity index (χ1) is 6.72. The monoisotopic (exact) mass is 203 g/mol. The maximum Gasteiger partial charge on any atom is 0.0723 e. The highest BCUT2D eigenvalue weighted by Crippen LogP contribution is 2.05. The number of hydrogen-bond donors (Lipinski definition) is 1. The number of ether oxygens (including phenoxy) is 2. The van der Waals surface area contributed by atoms with Crippen LogP contribution in [0.2, 0.25) is 0 Å². The van der Waals surface area contributed by atoms with Crippen LogP contribution < -0.4 is 5.32 Å². The maximum atomic E-state index is 5.72. The Hall–Kier alpha value is -0.120. The molecule has 1 N–H and O–H groups in total. The van der Waals surface area contributed by atoms with E-state index in [1.165, 1.54) is 0 Å². The van der Waals surface area contributed by atoms with Crippen LogP contribution in [0.1, 0.15) is 27.7 Å². The van der Waals surface area contributed by atoms with Crippen LogP contribution in [0.25, 0.3) is 0 Å². The second kappa shape index (κ2) is 9.44. The summed E-state index contributed by atoms with van der Waals surface area (Å²) >= 11 is 0. The third-order valence-corrected chi connectivity index (χ3v) is 2.10. The molecule has 0 aromatic heterocycles. The first kappa shape index (κ1) is 13.9. The predicted octanol–water partition coefficient (Wildman–Crippen LogP) is 1.67. The summed E-state index contributed by atoms with van der Waals surface area (Å²) in [5.41, 5.74) is 0. The van der Waals surface area contributed by atoms with Crippen LogP contribution in [0.3, 0.4) is 0 Å². The molecule has 0 aliphatic heterocycles. The normalized spacial score (nSPS) is 13.5. The smallest absolute Gasteiger partial charge is 0.0723 e. The van der Waals surface area contributed by atoms with Gasteiger partial charge in [-0.05, 0) is 19.4 Å². The summed E-state index contributed by atoms with van der Waals surface area (Å²) in [6.07, 6.45) is 0.301. The Morgan fingerprint density at radius 3 is 2.36 bits per heavy atom. The van der Waals surface area contributed by atoms with E-state index in [0.717, 1.165) is 19.7 Å². The zero-order chi connectivity index (χ0) is 10.8. The molecule has 0 radical (unpaired) electrons. The molecule has 1 atom stereocenters. The zero-order valence-electron chi connectivity index (χ0n) is 10.0. The third-order valence-electron chi connectivity index (χ3n) is 2.10. The van der Waals surface area contributed by atoms with Gasteiger partial charge in [-0.1, -0.05) is 20.8 Å². The topological polar surface area (TPSA) is 30.5 Å². The lowest BCUT2D eigenvalue weighted by Gasteiger charge is -2.21. The van der Waals surface area contributed by atoms with Crippen molar-refractivity contribution in [3.63, 3.8) is 0 Å². The minimum absolute atomic E-state index is 0.301. The lowest BCUT2D eigenvalue weighted by Crippen LogP contribution is -2.33. The summed E-state index contributed by atoms with van der Waals surface area (Å²) in [7, 11) is 0. The van der Waals surface area contributed by atoms with Gasteiger partial charge in [0.15, 0.2) is 0 Å². The molecule has 3 heteroatoms. The molecule has 0 aliphatic rings. The van der Waals surface area contributed by atoms with E-state index in [1.807, 2.05) is 6.92 Å². The fraction of sp³-hybridized carbons (Fsp3) is 1.00. The van der Waals surface area contributed by atoms with Gasteiger partial charge >= 0.3 is 0 Å². The maximum absolute atomic E-state index is 5.72. The molecule has 3 nitrogen and oxygen atoms in total. The Morgan fingerprint density at radius 2 is 1.86 bits per heavy atom. The van der Waals surface area contributed by atoms with Crippen molar-refractivity contribution in [2.45, 2.75) is 33.8 Å². The van der Waals surface area contributed by atoms with E-state index in [1.54, 1.807) is 0 Å². The lowest BCUT2D eigenvalue weighted by molar-refractivity contribution is -0.0117. The summed E-state index contributed by atoms with van der Waals surface area (Å²) in [5.74, 6) is 0.552. The summed E-state index contributed by atoms with van der Waals surface area (Å²) in [6.45, 7) is 12.6. The molecule has 0 spiro atoms. The molecule has 0 heterocycles. The molecular formula is C11H25NO2. The Labute approximate surface area is 88.2 Å². The number of rotatable bonds is 9. The van der Waals surface area contributed by atoms with Gasteiger partial charge in [0.1, 0.15) is 0 Å². The molecule has 0 aliphatic carbocycles. The molecule has 86 valence electrons. The molecule has 0 saturated heterocycles. The molecule has 14 heavy (non-hydrogen) atoms. The zero-order valence-corrected chi connectivity index (χ0v) is 10.0. The van der Waals surface area contributed by atoms with Crippen LogP contribution in [-0.2, 0) is 9.47 Å². The number of hydrogen-bond acceptors (Lipinski definition) is 3. The fourth-order valence-corrected chi connectivity index (χ4v) is 1.18. The highest BCUT2D eigenvalue weighted by molar-refractivity contribution is 4.65. The molecule has 0 aromatic rings. The van der Waals surface area contributed by atoms with Gasteiger partial charge in [-0.25, -0.2) is 0 Å². The van der Waals surface area contributed by atoms with Crippen molar-refractivity contribution in [1.29, 1.82) is 0 Å². The second-order valence-electron chi connectivity index (χ2n) is 3.66.